The summed E-state index contributed by atoms with van der Waals surface area (Å²) < 4.78 is 0. The standard InChI is InChI=1S/C18H22O/c1-3-15-8-10-17(11-9-15)13-18(19)12-16-6-4-14(2)5-7-16/h4-11,18-19H,3,12-13H2,1-2H3. The molecular weight excluding hydrogens is 232 g/mol. The molecule has 0 bridgehead atoms. The molecule has 2 rings (SSSR count). The maximum Gasteiger partial charge on any atom is 0.0620 e. The zero-order chi connectivity index (χ0) is 13.7. The van der Waals surface area contributed by atoms with Crippen LogP contribution in [0.2, 0.25) is 0 Å². The second kappa shape index (κ2) is 6.53. The number of aliphatic hydroxyl groups excluding tert-OH is 1. The summed E-state index contributed by atoms with van der Waals surface area (Å²) in [5.41, 5.74) is 5.00. The van der Waals surface area contributed by atoms with Gasteiger partial charge in [-0.2, -0.15) is 0 Å². The van der Waals surface area contributed by atoms with E-state index in [-0.39, 0.29) is 6.10 Å². The summed E-state index contributed by atoms with van der Waals surface area (Å²) >= 11 is 0. The fourth-order valence-corrected chi connectivity index (χ4v) is 2.25. The van der Waals surface area contributed by atoms with Crippen molar-refractivity contribution in [1.29, 1.82) is 0 Å². The summed E-state index contributed by atoms with van der Waals surface area (Å²) in [6.07, 6.45) is 2.19. The van der Waals surface area contributed by atoms with Gasteiger partial charge in [0.05, 0.1) is 6.10 Å². The van der Waals surface area contributed by atoms with E-state index in [9.17, 15) is 5.11 Å². The van der Waals surface area contributed by atoms with Crippen molar-refractivity contribution < 1.29 is 5.11 Å². The van der Waals surface area contributed by atoms with Crippen LogP contribution < -0.4 is 0 Å². The Balaban J connectivity index is 1.92. The smallest absolute Gasteiger partial charge is 0.0620 e. The minimum atomic E-state index is -0.310. The van der Waals surface area contributed by atoms with Crippen LogP contribution in [0.3, 0.4) is 0 Å². The predicted octanol–water partition coefficient (Wildman–Crippen LogP) is 3.70. The van der Waals surface area contributed by atoms with E-state index in [0.717, 1.165) is 19.3 Å². The van der Waals surface area contributed by atoms with Gasteiger partial charge in [-0.05, 0) is 42.9 Å². The minimum absolute atomic E-state index is 0.310. The molecule has 0 aliphatic rings. The van der Waals surface area contributed by atoms with Gasteiger partial charge in [0.2, 0.25) is 0 Å². The summed E-state index contributed by atoms with van der Waals surface area (Å²) in [5, 5.41) is 10.2. The minimum Gasteiger partial charge on any atom is -0.392 e. The van der Waals surface area contributed by atoms with Crippen molar-refractivity contribution in [3.63, 3.8) is 0 Å². The van der Waals surface area contributed by atoms with E-state index in [1.54, 1.807) is 0 Å². The quantitative estimate of drug-likeness (QED) is 0.862. The third-order valence-electron chi connectivity index (χ3n) is 3.49. The molecule has 0 spiro atoms. The van der Waals surface area contributed by atoms with Crippen molar-refractivity contribution in [2.24, 2.45) is 0 Å². The SMILES string of the molecule is CCc1ccc(CC(O)Cc2ccc(C)cc2)cc1. The number of hydrogen-bond acceptors (Lipinski definition) is 1. The van der Waals surface area contributed by atoms with Gasteiger partial charge in [0, 0.05) is 0 Å². The number of hydrogen-bond donors (Lipinski definition) is 1. The largest absolute Gasteiger partial charge is 0.392 e. The first-order valence-electron chi connectivity index (χ1n) is 6.99. The van der Waals surface area contributed by atoms with Crippen LogP contribution in [-0.4, -0.2) is 11.2 Å². The Labute approximate surface area is 115 Å². The first-order chi connectivity index (χ1) is 9.17. The predicted molar refractivity (Wildman–Crippen MR) is 80.4 cm³/mol. The van der Waals surface area contributed by atoms with E-state index >= 15 is 0 Å². The molecule has 0 amide bonds. The fraction of sp³-hybridized carbons (Fsp3) is 0.333. The van der Waals surface area contributed by atoms with Gasteiger partial charge >= 0.3 is 0 Å². The molecule has 1 unspecified atom stereocenters. The van der Waals surface area contributed by atoms with Gasteiger partial charge in [0.25, 0.3) is 0 Å². The van der Waals surface area contributed by atoms with Gasteiger partial charge < -0.3 is 5.11 Å². The normalized spacial score (nSPS) is 12.4. The van der Waals surface area contributed by atoms with Gasteiger partial charge in [-0.25, -0.2) is 0 Å². The number of aliphatic hydroxyl groups is 1. The van der Waals surface area contributed by atoms with Gasteiger partial charge in [-0.15, -0.1) is 0 Å². The summed E-state index contributed by atoms with van der Waals surface area (Å²) in [4.78, 5) is 0. The van der Waals surface area contributed by atoms with E-state index in [1.807, 2.05) is 0 Å². The molecule has 0 saturated carbocycles. The van der Waals surface area contributed by atoms with Gasteiger partial charge in [-0.3, -0.25) is 0 Å². The lowest BCUT2D eigenvalue weighted by Gasteiger charge is -2.11. The Kier molecular flexibility index (Phi) is 4.75. The van der Waals surface area contributed by atoms with Crippen LogP contribution in [0.1, 0.15) is 29.2 Å². The van der Waals surface area contributed by atoms with Crippen LogP contribution >= 0.6 is 0 Å². The highest BCUT2D eigenvalue weighted by Crippen LogP contribution is 2.11. The molecule has 0 fully saturated rings. The second-order valence-electron chi connectivity index (χ2n) is 5.22. The highest BCUT2D eigenvalue weighted by molar-refractivity contribution is 5.25. The van der Waals surface area contributed by atoms with E-state index < -0.39 is 0 Å². The van der Waals surface area contributed by atoms with Crippen LogP contribution in [0.25, 0.3) is 0 Å². The molecule has 0 aliphatic heterocycles. The molecule has 2 aromatic rings. The molecule has 0 saturated heterocycles. The molecule has 1 atom stereocenters. The maximum absolute atomic E-state index is 10.2. The lowest BCUT2D eigenvalue weighted by Crippen LogP contribution is -2.13. The summed E-state index contributed by atoms with van der Waals surface area (Å²) in [6.45, 7) is 4.23. The molecule has 19 heavy (non-hydrogen) atoms. The third kappa shape index (κ3) is 4.22. The second-order valence-corrected chi connectivity index (χ2v) is 5.22. The molecule has 0 aliphatic carbocycles. The highest BCUT2D eigenvalue weighted by Gasteiger charge is 2.07. The molecule has 0 aromatic heterocycles. The van der Waals surface area contributed by atoms with Crippen molar-refractivity contribution in [3.8, 4) is 0 Å². The Morgan fingerprint density at radius 1 is 0.789 bits per heavy atom. The maximum atomic E-state index is 10.2. The Morgan fingerprint density at radius 2 is 1.21 bits per heavy atom. The van der Waals surface area contributed by atoms with Crippen LogP contribution in [0.5, 0.6) is 0 Å². The van der Waals surface area contributed by atoms with E-state index in [2.05, 4.69) is 62.4 Å². The summed E-state index contributed by atoms with van der Waals surface area (Å²) in [6, 6.07) is 16.9. The van der Waals surface area contributed by atoms with Crippen molar-refractivity contribution in [3.05, 3.63) is 70.8 Å². The van der Waals surface area contributed by atoms with Crippen LogP contribution in [0, 0.1) is 6.92 Å². The van der Waals surface area contributed by atoms with E-state index in [4.69, 9.17) is 0 Å². The lowest BCUT2D eigenvalue weighted by atomic mass is 9.99. The molecule has 1 N–H and O–H groups in total. The van der Waals surface area contributed by atoms with Crippen molar-refractivity contribution in [2.75, 3.05) is 0 Å². The van der Waals surface area contributed by atoms with E-state index in [0.29, 0.717) is 0 Å². The molecule has 1 heteroatoms. The van der Waals surface area contributed by atoms with E-state index in [1.165, 1.54) is 22.3 Å². The van der Waals surface area contributed by atoms with Gasteiger partial charge in [0.1, 0.15) is 0 Å². The zero-order valence-electron chi connectivity index (χ0n) is 11.8. The zero-order valence-corrected chi connectivity index (χ0v) is 11.8. The summed E-state index contributed by atoms with van der Waals surface area (Å²) in [7, 11) is 0. The molecule has 0 radical (unpaired) electrons. The van der Waals surface area contributed by atoms with Crippen LogP contribution in [0.4, 0.5) is 0 Å². The Morgan fingerprint density at radius 3 is 1.68 bits per heavy atom. The van der Waals surface area contributed by atoms with Crippen molar-refractivity contribution in [2.45, 2.75) is 39.2 Å². The van der Waals surface area contributed by atoms with Gasteiger partial charge in [0.15, 0.2) is 0 Å². The number of rotatable bonds is 5. The average molecular weight is 254 g/mol. The first kappa shape index (κ1) is 13.8. The fourth-order valence-electron chi connectivity index (χ4n) is 2.25. The lowest BCUT2D eigenvalue weighted by molar-refractivity contribution is 0.175. The number of aryl methyl sites for hydroxylation is 2. The average Bonchev–Trinajstić information content (AvgIpc) is 2.42. The van der Waals surface area contributed by atoms with Crippen molar-refractivity contribution >= 4 is 0 Å². The molecule has 2 aromatic carbocycles. The molecule has 100 valence electrons. The highest BCUT2D eigenvalue weighted by atomic mass is 16.3. The van der Waals surface area contributed by atoms with Crippen LogP contribution in [0.15, 0.2) is 48.5 Å². The number of benzene rings is 2. The molecular formula is C18H22O. The topological polar surface area (TPSA) is 20.2 Å². The Bertz CT molecular complexity index is 496. The monoisotopic (exact) mass is 254 g/mol. The molecule has 0 heterocycles. The molecule has 1 nitrogen and oxygen atoms in total. The summed E-state index contributed by atoms with van der Waals surface area (Å²) in [5.74, 6) is 0. The van der Waals surface area contributed by atoms with Crippen molar-refractivity contribution in [1.82, 2.24) is 0 Å². The third-order valence-corrected chi connectivity index (χ3v) is 3.49. The van der Waals surface area contributed by atoms with Crippen LogP contribution in [-0.2, 0) is 19.3 Å². The Hall–Kier alpha value is -1.60. The first-order valence-corrected chi connectivity index (χ1v) is 6.99. The van der Waals surface area contributed by atoms with Gasteiger partial charge in [-0.1, -0.05) is 61.0 Å².